The Balaban J connectivity index is 0.000000161. The summed E-state index contributed by atoms with van der Waals surface area (Å²) in [6.45, 7) is 0. The van der Waals surface area contributed by atoms with Crippen LogP contribution >= 0.6 is 31.9 Å². The number of Topliss-reactive ketones (excluding diaryl/α,β-unsaturated/α-hetero) is 2. The molecule has 0 aromatic heterocycles. The zero-order valence-corrected chi connectivity index (χ0v) is 24.0. The molecule has 0 spiro atoms. The van der Waals surface area contributed by atoms with Gasteiger partial charge in [-0.3, -0.25) is 9.59 Å². The van der Waals surface area contributed by atoms with E-state index in [1.54, 1.807) is 6.08 Å². The fourth-order valence-electron chi connectivity index (χ4n) is 4.96. The minimum Gasteiger partial charge on any atom is -0.294 e. The molecule has 6 rings (SSSR count). The molecule has 4 aromatic rings. The fraction of sp³-hybridized carbons (Fsp3) is 0.125. The predicted molar refractivity (Wildman–Crippen MR) is 152 cm³/mol. The van der Waals surface area contributed by atoms with Crippen LogP contribution in [-0.2, 0) is 19.3 Å². The SMILES string of the molecule is O=C1/C(=C/c2ccccc2Br)Cc2cc(F)c(F)cc21.O=C1c2cc(F)c(F)cc2CC1Cc1ccccc1Br. The van der Waals surface area contributed by atoms with Crippen molar-refractivity contribution in [2.75, 3.05) is 0 Å². The van der Waals surface area contributed by atoms with E-state index >= 15 is 0 Å². The highest BCUT2D eigenvalue weighted by molar-refractivity contribution is 9.10. The van der Waals surface area contributed by atoms with E-state index in [1.165, 1.54) is 0 Å². The molecule has 1 unspecified atom stereocenters. The van der Waals surface area contributed by atoms with Crippen LogP contribution in [0.4, 0.5) is 17.6 Å². The molecule has 0 bridgehead atoms. The quantitative estimate of drug-likeness (QED) is 0.161. The molecule has 0 saturated carbocycles. The standard InChI is InChI=1S/C16H11BrF2O.C16H9BrF2O/c2*17-13-4-2-1-3-9(13)5-11-6-10-7-14(18)15(19)8-12(10)16(11)20/h1-4,7-8,11H,5-6H2;1-5,7-8H,6H2/b;11-5+. The van der Waals surface area contributed by atoms with Crippen LogP contribution in [0.3, 0.4) is 0 Å². The first-order valence-corrected chi connectivity index (χ1v) is 13.9. The third-order valence-corrected chi connectivity index (χ3v) is 8.47. The number of hydrogen-bond donors (Lipinski definition) is 0. The largest absolute Gasteiger partial charge is 0.294 e. The van der Waals surface area contributed by atoms with Crippen molar-refractivity contribution < 1.29 is 27.2 Å². The van der Waals surface area contributed by atoms with E-state index in [-0.39, 0.29) is 23.0 Å². The van der Waals surface area contributed by atoms with Gasteiger partial charge in [0.15, 0.2) is 34.8 Å². The Morgan fingerprint density at radius 2 is 1.30 bits per heavy atom. The van der Waals surface area contributed by atoms with Gasteiger partial charge in [0.05, 0.1) is 0 Å². The average molecular weight is 672 g/mol. The van der Waals surface area contributed by atoms with E-state index < -0.39 is 23.3 Å². The number of ketones is 2. The molecule has 0 aliphatic heterocycles. The summed E-state index contributed by atoms with van der Waals surface area (Å²) in [5.41, 5.74) is 4.14. The lowest BCUT2D eigenvalue weighted by molar-refractivity contribution is 0.0935. The highest BCUT2D eigenvalue weighted by Gasteiger charge is 2.32. The molecule has 0 fully saturated rings. The maximum absolute atomic E-state index is 13.2. The number of rotatable bonds is 3. The Morgan fingerprint density at radius 1 is 0.725 bits per heavy atom. The zero-order valence-electron chi connectivity index (χ0n) is 20.8. The van der Waals surface area contributed by atoms with E-state index in [2.05, 4.69) is 31.9 Å². The van der Waals surface area contributed by atoms with Gasteiger partial charge in [-0.2, -0.15) is 0 Å². The number of carbonyl (C=O) groups excluding carboxylic acids is 2. The van der Waals surface area contributed by atoms with Gasteiger partial charge in [0.25, 0.3) is 0 Å². The smallest absolute Gasteiger partial charge is 0.189 e. The van der Waals surface area contributed by atoms with Crippen molar-refractivity contribution in [2.45, 2.75) is 19.3 Å². The van der Waals surface area contributed by atoms with Gasteiger partial charge in [-0.1, -0.05) is 68.3 Å². The third kappa shape index (κ3) is 5.74. The highest BCUT2D eigenvalue weighted by Crippen LogP contribution is 2.33. The Morgan fingerprint density at radius 3 is 1.98 bits per heavy atom. The molecule has 0 radical (unpaired) electrons. The third-order valence-electron chi connectivity index (χ3n) is 6.97. The summed E-state index contributed by atoms with van der Waals surface area (Å²) in [4.78, 5) is 24.5. The van der Waals surface area contributed by atoms with Gasteiger partial charge in [-0.25, -0.2) is 17.6 Å². The lowest BCUT2D eigenvalue weighted by Crippen LogP contribution is -2.12. The Kier molecular flexibility index (Phi) is 8.19. The lowest BCUT2D eigenvalue weighted by atomic mass is 9.96. The van der Waals surface area contributed by atoms with E-state index in [4.69, 9.17) is 0 Å². The van der Waals surface area contributed by atoms with E-state index in [0.717, 1.165) is 44.3 Å². The molecule has 0 amide bonds. The summed E-state index contributed by atoms with van der Waals surface area (Å²) in [7, 11) is 0. The second kappa shape index (κ2) is 11.6. The molecule has 0 heterocycles. The molecule has 40 heavy (non-hydrogen) atoms. The molecule has 4 aromatic carbocycles. The first kappa shape index (κ1) is 28.2. The van der Waals surface area contributed by atoms with Crippen molar-refractivity contribution in [1.82, 2.24) is 0 Å². The van der Waals surface area contributed by atoms with Crippen molar-refractivity contribution >= 4 is 49.5 Å². The van der Waals surface area contributed by atoms with Gasteiger partial charge in [-0.05, 0) is 77.6 Å². The zero-order chi connectivity index (χ0) is 28.6. The fourth-order valence-corrected chi connectivity index (χ4v) is 5.81. The molecule has 202 valence electrons. The summed E-state index contributed by atoms with van der Waals surface area (Å²) in [5.74, 6) is -4.34. The molecule has 1 atom stereocenters. The summed E-state index contributed by atoms with van der Waals surface area (Å²) in [6.07, 6.45) is 3.11. The Labute approximate surface area is 245 Å². The first-order valence-electron chi connectivity index (χ1n) is 12.4. The highest BCUT2D eigenvalue weighted by atomic mass is 79.9. The normalized spacial score (nSPS) is 16.6. The van der Waals surface area contributed by atoms with Crippen LogP contribution < -0.4 is 0 Å². The van der Waals surface area contributed by atoms with E-state index in [9.17, 15) is 27.2 Å². The van der Waals surface area contributed by atoms with E-state index in [1.807, 2.05) is 48.5 Å². The van der Waals surface area contributed by atoms with Gasteiger partial charge >= 0.3 is 0 Å². The molecular weight excluding hydrogens is 652 g/mol. The number of fused-ring (bicyclic) bond motifs is 2. The summed E-state index contributed by atoms with van der Waals surface area (Å²) < 4.78 is 54.7. The molecule has 0 N–H and O–H groups in total. The van der Waals surface area contributed by atoms with Gasteiger partial charge in [0.2, 0.25) is 0 Å². The number of allylic oxidation sites excluding steroid dienone is 1. The molecule has 2 nitrogen and oxygen atoms in total. The van der Waals surface area contributed by atoms with Crippen LogP contribution in [0.25, 0.3) is 6.08 Å². The van der Waals surface area contributed by atoms with Crippen LogP contribution in [0.1, 0.15) is 43.0 Å². The van der Waals surface area contributed by atoms with Crippen LogP contribution in [0.15, 0.2) is 87.3 Å². The van der Waals surface area contributed by atoms with Crippen molar-refractivity contribution in [1.29, 1.82) is 0 Å². The van der Waals surface area contributed by atoms with Crippen LogP contribution in [0.2, 0.25) is 0 Å². The summed E-state index contributed by atoms with van der Waals surface area (Å²) >= 11 is 6.86. The molecule has 0 saturated heterocycles. The van der Waals surface area contributed by atoms with Crippen molar-refractivity contribution in [2.24, 2.45) is 5.92 Å². The molecule has 2 aliphatic rings. The minimum atomic E-state index is -0.987. The molecule has 8 heteroatoms. The van der Waals surface area contributed by atoms with Crippen LogP contribution in [0, 0.1) is 29.2 Å². The van der Waals surface area contributed by atoms with Crippen molar-refractivity contribution in [3.8, 4) is 0 Å². The Bertz CT molecular complexity index is 1700. The number of halogens is 6. The number of hydrogen-bond acceptors (Lipinski definition) is 2. The van der Waals surface area contributed by atoms with Crippen LogP contribution in [0.5, 0.6) is 0 Å². The van der Waals surface area contributed by atoms with Crippen molar-refractivity contribution in [3.05, 3.63) is 144 Å². The summed E-state index contributed by atoms with van der Waals surface area (Å²) in [6, 6.07) is 19.4. The Hall–Kier alpha value is -3.36. The topological polar surface area (TPSA) is 34.1 Å². The van der Waals surface area contributed by atoms with Crippen molar-refractivity contribution in [3.63, 3.8) is 0 Å². The number of carbonyl (C=O) groups is 2. The lowest BCUT2D eigenvalue weighted by Gasteiger charge is -2.09. The van der Waals surface area contributed by atoms with Gasteiger partial charge in [0, 0.05) is 38.0 Å². The molecular formula is C32H20Br2F4O2. The first-order chi connectivity index (χ1) is 19.1. The van der Waals surface area contributed by atoms with Crippen LogP contribution in [-0.4, -0.2) is 11.6 Å². The maximum atomic E-state index is 13.2. The van der Waals surface area contributed by atoms with Gasteiger partial charge in [-0.15, -0.1) is 0 Å². The number of benzene rings is 4. The molecule has 2 aliphatic carbocycles. The van der Waals surface area contributed by atoms with Gasteiger partial charge < -0.3 is 0 Å². The van der Waals surface area contributed by atoms with Gasteiger partial charge in [0.1, 0.15) is 0 Å². The average Bonchev–Trinajstić information content (AvgIpc) is 3.38. The van der Waals surface area contributed by atoms with E-state index in [0.29, 0.717) is 41.5 Å². The predicted octanol–water partition coefficient (Wildman–Crippen LogP) is 8.87. The maximum Gasteiger partial charge on any atom is 0.189 e. The second-order valence-electron chi connectivity index (χ2n) is 9.60. The summed E-state index contributed by atoms with van der Waals surface area (Å²) in [5, 5.41) is 0. The minimum absolute atomic E-state index is 0.102. The monoisotopic (exact) mass is 670 g/mol. The second-order valence-corrected chi connectivity index (χ2v) is 11.3.